The molecule has 1 atom stereocenters. The Kier molecular flexibility index (Phi) is 3.72. The molecule has 0 saturated carbocycles. The highest BCUT2D eigenvalue weighted by Crippen LogP contribution is 2.27. The van der Waals surface area contributed by atoms with Crippen molar-refractivity contribution < 1.29 is 4.74 Å². The van der Waals surface area contributed by atoms with Gasteiger partial charge in [0.15, 0.2) is 5.65 Å². The molecule has 1 aliphatic heterocycles. The predicted octanol–water partition coefficient (Wildman–Crippen LogP) is 1.96. The van der Waals surface area contributed by atoms with Gasteiger partial charge < -0.3 is 9.64 Å². The molecule has 0 amide bonds. The number of halogens is 1. The molecule has 4 rings (SSSR count). The third-order valence-electron chi connectivity index (χ3n) is 4.16. The maximum atomic E-state index is 5.55. The molecular weight excluding hydrogens is 407 g/mol. The zero-order valence-corrected chi connectivity index (χ0v) is 15.1. The summed E-state index contributed by atoms with van der Waals surface area (Å²) in [6.45, 7) is 4.47. The first kappa shape index (κ1) is 14.9. The molecule has 3 aromatic heterocycles. The Balaban J connectivity index is 1.93. The van der Waals surface area contributed by atoms with Gasteiger partial charge in [-0.05, 0) is 35.6 Å². The van der Waals surface area contributed by atoms with Crippen LogP contribution in [0.25, 0.3) is 17.0 Å². The van der Waals surface area contributed by atoms with Crippen LogP contribution in [-0.2, 0) is 11.8 Å². The molecule has 1 fully saturated rings. The van der Waals surface area contributed by atoms with Crippen molar-refractivity contribution >= 4 is 34.1 Å². The molecule has 0 aromatic carbocycles. The third kappa shape index (κ3) is 2.49. The van der Waals surface area contributed by atoms with E-state index in [2.05, 4.69) is 50.7 Å². The maximum absolute atomic E-state index is 5.55. The Morgan fingerprint density at radius 2 is 2.17 bits per heavy atom. The number of anilines is 1. The molecule has 0 spiro atoms. The Bertz CT molecular complexity index is 857. The number of nitrogens with zero attached hydrogens (tertiary/aromatic N) is 6. The first-order valence-electron chi connectivity index (χ1n) is 7.52. The molecule has 1 saturated heterocycles. The SMILES string of the molecule is C[C@@H]1COCCN1c1cc(-c2ccnn2C)n2ncc(I)c2n1. The molecule has 4 heterocycles. The van der Waals surface area contributed by atoms with Crippen LogP contribution in [0.1, 0.15) is 6.92 Å². The fourth-order valence-corrected chi connectivity index (χ4v) is 3.42. The van der Waals surface area contributed by atoms with Crippen LogP contribution in [0.4, 0.5) is 5.82 Å². The smallest absolute Gasteiger partial charge is 0.171 e. The van der Waals surface area contributed by atoms with E-state index in [-0.39, 0.29) is 0 Å². The second-order valence-electron chi connectivity index (χ2n) is 5.68. The van der Waals surface area contributed by atoms with Crippen LogP contribution in [0.15, 0.2) is 24.5 Å². The van der Waals surface area contributed by atoms with Gasteiger partial charge in [-0.15, -0.1) is 0 Å². The van der Waals surface area contributed by atoms with Gasteiger partial charge in [-0.2, -0.15) is 10.2 Å². The van der Waals surface area contributed by atoms with Gasteiger partial charge in [0.1, 0.15) is 5.82 Å². The van der Waals surface area contributed by atoms with E-state index in [1.54, 1.807) is 6.20 Å². The predicted molar refractivity (Wildman–Crippen MR) is 95.5 cm³/mol. The standard InChI is InChI=1S/C15H17IN6O/c1-10-9-23-6-5-21(10)14-7-13(12-3-4-17-20(12)2)22-15(19-14)11(16)8-18-22/h3-4,7-8,10H,5-6,9H2,1-2H3/t10-/m1/s1. The quantitative estimate of drug-likeness (QED) is 0.589. The van der Waals surface area contributed by atoms with Gasteiger partial charge in [-0.3, -0.25) is 4.68 Å². The Labute approximate surface area is 147 Å². The van der Waals surface area contributed by atoms with Gasteiger partial charge in [-0.1, -0.05) is 0 Å². The summed E-state index contributed by atoms with van der Waals surface area (Å²) in [7, 11) is 1.94. The van der Waals surface area contributed by atoms with Crippen LogP contribution >= 0.6 is 22.6 Å². The van der Waals surface area contributed by atoms with E-state index < -0.39 is 0 Å². The summed E-state index contributed by atoms with van der Waals surface area (Å²) in [6.07, 6.45) is 3.64. The Morgan fingerprint density at radius 3 is 2.91 bits per heavy atom. The van der Waals surface area contributed by atoms with Gasteiger partial charge in [0.25, 0.3) is 0 Å². The van der Waals surface area contributed by atoms with Crippen molar-refractivity contribution in [3.05, 3.63) is 28.1 Å². The Morgan fingerprint density at radius 1 is 1.30 bits per heavy atom. The summed E-state index contributed by atoms with van der Waals surface area (Å²) in [5.41, 5.74) is 2.88. The van der Waals surface area contributed by atoms with Crippen molar-refractivity contribution in [3.63, 3.8) is 0 Å². The maximum Gasteiger partial charge on any atom is 0.171 e. The fourth-order valence-electron chi connectivity index (χ4n) is 2.95. The number of hydrogen-bond acceptors (Lipinski definition) is 5. The largest absolute Gasteiger partial charge is 0.377 e. The van der Waals surface area contributed by atoms with Crippen LogP contribution in [0.3, 0.4) is 0 Å². The van der Waals surface area contributed by atoms with E-state index in [1.807, 2.05) is 28.5 Å². The summed E-state index contributed by atoms with van der Waals surface area (Å²) in [5.74, 6) is 0.961. The average Bonchev–Trinajstić information content (AvgIpc) is 3.14. The molecule has 8 heteroatoms. The van der Waals surface area contributed by atoms with Crippen LogP contribution in [-0.4, -0.2) is 50.2 Å². The molecule has 0 bridgehead atoms. The summed E-state index contributed by atoms with van der Waals surface area (Å²) >= 11 is 2.28. The van der Waals surface area contributed by atoms with Gasteiger partial charge in [0.05, 0.1) is 40.4 Å². The monoisotopic (exact) mass is 424 g/mol. The number of fused-ring (bicyclic) bond motifs is 1. The number of morpholine rings is 1. The van der Waals surface area contributed by atoms with Gasteiger partial charge in [0, 0.05) is 25.9 Å². The van der Waals surface area contributed by atoms with Gasteiger partial charge in [-0.25, -0.2) is 9.50 Å². The van der Waals surface area contributed by atoms with E-state index >= 15 is 0 Å². The van der Waals surface area contributed by atoms with Crippen molar-refractivity contribution in [2.24, 2.45) is 7.05 Å². The molecule has 0 N–H and O–H groups in total. The average molecular weight is 424 g/mol. The molecule has 0 unspecified atom stereocenters. The number of rotatable bonds is 2. The molecule has 1 aliphatic rings. The van der Waals surface area contributed by atoms with Crippen LogP contribution in [0.5, 0.6) is 0 Å². The van der Waals surface area contributed by atoms with E-state index in [1.165, 1.54) is 0 Å². The lowest BCUT2D eigenvalue weighted by molar-refractivity contribution is 0.0985. The van der Waals surface area contributed by atoms with E-state index in [0.29, 0.717) is 6.04 Å². The second kappa shape index (κ2) is 5.75. The number of hydrogen-bond donors (Lipinski definition) is 0. The highest BCUT2D eigenvalue weighted by molar-refractivity contribution is 14.1. The lowest BCUT2D eigenvalue weighted by Crippen LogP contribution is -2.44. The van der Waals surface area contributed by atoms with Crippen LogP contribution in [0, 0.1) is 3.57 Å². The van der Waals surface area contributed by atoms with Crippen molar-refractivity contribution in [3.8, 4) is 11.4 Å². The highest BCUT2D eigenvalue weighted by Gasteiger charge is 2.23. The molecular formula is C15H17IN6O. The number of ether oxygens (including phenoxy) is 1. The summed E-state index contributed by atoms with van der Waals surface area (Å²) in [5, 5.41) is 8.77. The molecule has 0 radical (unpaired) electrons. The second-order valence-corrected chi connectivity index (χ2v) is 6.85. The zero-order chi connectivity index (χ0) is 16.0. The van der Waals surface area contributed by atoms with E-state index in [0.717, 1.165) is 46.2 Å². The van der Waals surface area contributed by atoms with Crippen LogP contribution in [0.2, 0.25) is 0 Å². The minimum Gasteiger partial charge on any atom is -0.377 e. The van der Waals surface area contributed by atoms with Crippen molar-refractivity contribution in [2.75, 3.05) is 24.7 Å². The van der Waals surface area contributed by atoms with E-state index in [4.69, 9.17) is 9.72 Å². The fraction of sp³-hybridized carbons (Fsp3) is 0.400. The van der Waals surface area contributed by atoms with Crippen LogP contribution < -0.4 is 4.90 Å². The summed E-state index contributed by atoms with van der Waals surface area (Å²) in [4.78, 5) is 7.14. The molecule has 23 heavy (non-hydrogen) atoms. The normalized spacial score (nSPS) is 18.7. The van der Waals surface area contributed by atoms with Crippen molar-refractivity contribution in [1.82, 2.24) is 24.4 Å². The summed E-state index contributed by atoms with van der Waals surface area (Å²) < 4.78 is 10.3. The lowest BCUT2D eigenvalue weighted by atomic mass is 10.2. The highest BCUT2D eigenvalue weighted by atomic mass is 127. The molecule has 7 nitrogen and oxygen atoms in total. The molecule has 3 aromatic rings. The lowest BCUT2D eigenvalue weighted by Gasteiger charge is -2.34. The Hall–Kier alpha value is -1.68. The number of aromatic nitrogens is 5. The van der Waals surface area contributed by atoms with Crippen molar-refractivity contribution in [1.29, 1.82) is 0 Å². The topological polar surface area (TPSA) is 60.5 Å². The third-order valence-corrected chi connectivity index (χ3v) is 4.92. The van der Waals surface area contributed by atoms with E-state index in [9.17, 15) is 0 Å². The summed E-state index contributed by atoms with van der Waals surface area (Å²) in [6, 6.07) is 4.39. The first-order chi connectivity index (χ1) is 11.1. The zero-order valence-electron chi connectivity index (χ0n) is 13.0. The van der Waals surface area contributed by atoms with Gasteiger partial charge in [0.2, 0.25) is 0 Å². The molecule has 120 valence electrons. The first-order valence-corrected chi connectivity index (χ1v) is 8.60. The minimum absolute atomic E-state index is 0.304. The minimum atomic E-state index is 0.304. The molecule has 0 aliphatic carbocycles. The van der Waals surface area contributed by atoms with Gasteiger partial charge >= 0.3 is 0 Å². The van der Waals surface area contributed by atoms with Crippen molar-refractivity contribution in [2.45, 2.75) is 13.0 Å². The number of aryl methyl sites for hydroxylation is 1.